The Morgan fingerprint density at radius 1 is 0.981 bits per heavy atom. The average molecular weight is 733 g/mol. The molecule has 4 amide bonds. The lowest BCUT2D eigenvalue weighted by atomic mass is 10.1. The first kappa shape index (κ1) is 37.6. The number of aromatic nitrogens is 1. The summed E-state index contributed by atoms with van der Waals surface area (Å²) in [4.78, 5) is 61.7. The van der Waals surface area contributed by atoms with Crippen molar-refractivity contribution in [3.63, 3.8) is 0 Å². The van der Waals surface area contributed by atoms with Crippen LogP contribution in [0.25, 0.3) is 10.9 Å². The first-order chi connectivity index (χ1) is 25.4. The van der Waals surface area contributed by atoms with Crippen molar-refractivity contribution in [1.82, 2.24) is 30.3 Å². The number of likely N-dealkylation sites (tertiary alicyclic amines) is 1. The van der Waals surface area contributed by atoms with Gasteiger partial charge in [-0.2, -0.15) is 0 Å². The van der Waals surface area contributed by atoms with Crippen LogP contribution < -0.4 is 24.8 Å². The van der Waals surface area contributed by atoms with Crippen LogP contribution in [0.5, 0.6) is 17.2 Å². The van der Waals surface area contributed by atoms with Gasteiger partial charge in [-0.15, -0.1) is 0 Å². The van der Waals surface area contributed by atoms with E-state index in [4.69, 9.17) is 18.9 Å². The second kappa shape index (κ2) is 16.7. The van der Waals surface area contributed by atoms with Gasteiger partial charge in [-0.05, 0) is 82.0 Å². The van der Waals surface area contributed by atoms with E-state index in [1.54, 1.807) is 41.3 Å². The van der Waals surface area contributed by atoms with Crippen molar-refractivity contribution in [3.05, 3.63) is 59.8 Å². The zero-order valence-electron chi connectivity index (χ0n) is 30.5. The maximum Gasteiger partial charge on any atom is 0.410 e. The SMILES string of the molecule is CC(C)(C)OC(=O)N1CCN(CCCOc2ccc3nccc(C(=O)NCC(=O)N4CCC[C@H]4C(O)C(=O)NCc4ccc5c(c4)OCO5)c3c2)CC1. The van der Waals surface area contributed by atoms with Gasteiger partial charge in [0.2, 0.25) is 12.7 Å². The van der Waals surface area contributed by atoms with Gasteiger partial charge in [-0.25, -0.2) is 4.79 Å². The molecule has 3 aliphatic heterocycles. The van der Waals surface area contributed by atoms with Crippen LogP contribution in [0, 0.1) is 0 Å². The quantitative estimate of drug-likeness (QED) is 0.234. The van der Waals surface area contributed by atoms with Crippen molar-refractivity contribution in [1.29, 1.82) is 0 Å². The highest BCUT2D eigenvalue weighted by molar-refractivity contribution is 6.07. The Hall–Kier alpha value is -5.15. The molecular weight excluding hydrogens is 684 g/mol. The maximum atomic E-state index is 13.4. The molecule has 15 heteroatoms. The number of piperazine rings is 1. The van der Waals surface area contributed by atoms with Crippen LogP contribution in [0.15, 0.2) is 48.7 Å². The van der Waals surface area contributed by atoms with Gasteiger partial charge in [0.15, 0.2) is 17.6 Å². The summed E-state index contributed by atoms with van der Waals surface area (Å²) in [5, 5.41) is 16.9. The first-order valence-corrected chi connectivity index (χ1v) is 18.1. The molecular formula is C38H48N6O9. The molecule has 0 saturated carbocycles. The molecule has 2 atom stereocenters. The molecule has 0 radical (unpaired) electrons. The van der Waals surface area contributed by atoms with E-state index in [1.807, 2.05) is 26.8 Å². The first-order valence-electron chi connectivity index (χ1n) is 18.1. The summed E-state index contributed by atoms with van der Waals surface area (Å²) >= 11 is 0. The molecule has 2 fully saturated rings. The monoisotopic (exact) mass is 732 g/mol. The minimum Gasteiger partial charge on any atom is -0.494 e. The number of carbonyl (C=O) groups excluding carboxylic acids is 4. The van der Waals surface area contributed by atoms with Gasteiger partial charge in [0, 0.05) is 57.4 Å². The molecule has 2 saturated heterocycles. The second-order valence-electron chi connectivity index (χ2n) is 14.4. The molecule has 0 spiro atoms. The molecule has 0 bridgehead atoms. The molecule has 0 aliphatic carbocycles. The van der Waals surface area contributed by atoms with Crippen molar-refractivity contribution >= 4 is 34.7 Å². The number of hydrogen-bond donors (Lipinski definition) is 3. The van der Waals surface area contributed by atoms with Gasteiger partial charge in [0.25, 0.3) is 11.8 Å². The van der Waals surface area contributed by atoms with E-state index in [-0.39, 0.29) is 26.0 Å². The lowest BCUT2D eigenvalue weighted by Crippen LogP contribution is -2.51. The van der Waals surface area contributed by atoms with Crippen molar-refractivity contribution in [2.45, 2.75) is 64.3 Å². The summed E-state index contributed by atoms with van der Waals surface area (Å²) in [6.45, 7) is 10.0. The van der Waals surface area contributed by atoms with Crippen molar-refractivity contribution < 1.29 is 43.2 Å². The van der Waals surface area contributed by atoms with Crippen LogP contribution in [-0.4, -0.2) is 126 Å². The molecule has 15 nitrogen and oxygen atoms in total. The molecule has 2 aromatic carbocycles. The number of pyridine rings is 1. The Balaban J connectivity index is 0.959. The van der Waals surface area contributed by atoms with Crippen molar-refractivity contribution in [2.75, 3.05) is 59.2 Å². The summed E-state index contributed by atoms with van der Waals surface area (Å²) in [6.07, 6.45) is 1.69. The second-order valence-corrected chi connectivity index (χ2v) is 14.4. The van der Waals surface area contributed by atoms with Gasteiger partial charge >= 0.3 is 6.09 Å². The van der Waals surface area contributed by atoms with Gasteiger partial charge in [-0.3, -0.25) is 24.3 Å². The van der Waals surface area contributed by atoms with Gasteiger partial charge < -0.3 is 44.5 Å². The highest BCUT2D eigenvalue weighted by Gasteiger charge is 2.37. The van der Waals surface area contributed by atoms with Crippen LogP contribution in [0.2, 0.25) is 0 Å². The normalized spacial score (nSPS) is 17.8. The van der Waals surface area contributed by atoms with Crippen LogP contribution >= 0.6 is 0 Å². The van der Waals surface area contributed by atoms with Crippen LogP contribution in [0.1, 0.15) is 56.0 Å². The summed E-state index contributed by atoms with van der Waals surface area (Å²) in [7, 11) is 0. The Kier molecular flexibility index (Phi) is 11.8. The van der Waals surface area contributed by atoms with Crippen LogP contribution in [-0.2, 0) is 20.9 Å². The molecule has 3 N–H and O–H groups in total. The number of aliphatic hydroxyl groups is 1. The molecule has 53 heavy (non-hydrogen) atoms. The number of ether oxygens (including phenoxy) is 4. The van der Waals surface area contributed by atoms with E-state index in [0.717, 1.165) is 31.6 Å². The number of hydrogen-bond acceptors (Lipinski definition) is 11. The molecule has 4 heterocycles. The van der Waals surface area contributed by atoms with E-state index in [1.165, 1.54) is 11.1 Å². The molecule has 1 aromatic heterocycles. The summed E-state index contributed by atoms with van der Waals surface area (Å²) in [5.41, 5.74) is 1.21. The number of rotatable bonds is 12. The predicted molar refractivity (Wildman–Crippen MR) is 194 cm³/mol. The van der Waals surface area contributed by atoms with E-state index >= 15 is 0 Å². The topological polar surface area (TPSA) is 172 Å². The third kappa shape index (κ3) is 9.64. The smallest absolute Gasteiger partial charge is 0.410 e. The third-order valence-electron chi connectivity index (χ3n) is 9.43. The summed E-state index contributed by atoms with van der Waals surface area (Å²) < 4.78 is 22.2. The number of amides is 4. The molecule has 3 aromatic rings. The van der Waals surface area contributed by atoms with E-state index in [9.17, 15) is 24.3 Å². The maximum absolute atomic E-state index is 13.4. The molecule has 1 unspecified atom stereocenters. The number of benzene rings is 2. The molecule has 6 rings (SSSR count). The zero-order valence-corrected chi connectivity index (χ0v) is 30.5. The third-order valence-corrected chi connectivity index (χ3v) is 9.43. The highest BCUT2D eigenvalue weighted by Crippen LogP contribution is 2.32. The largest absolute Gasteiger partial charge is 0.494 e. The Labute approximate surface area is 308 Å². The van der Waals surface area contributed by atoms with Crippen molar-refractivity contribution in [2.24, 2.45) is 0 Å². The van der Waals surface area contributed by atoms with E-state index < -0.39 is 35.5 Å². The zero-order chi connectivity index (χ0) is 37.5. The Bertz CT molecular complexity index is 1810. The fourth-order valence-electron chi connectivity index (χ4n) is 6.67. The number of carbonyl (C=O) groups is 4. The highest BCUT2D eigenvalue weighted by atomic mass is 16.7. The van der Waals surface area contributed by atoms with E-state index in [0.29, 0.717) is 72.8 Å². The number of nitrogens with zero attached hydrogens (tertiary/aromatic N) is 4. The lowest BCUT2D eigenvalue weighted by molar-refractivity contribution is -0.138. The average Bonchev–Trinajstić information content (AvgIpc) is 3.83. The summed E-state index contributed by atoms with van der Waals surface area (Å²) in [5.74, 6) is 0.391. The summed E-state index contributed by atoms with van der Waals surface area (Å²) in [6, 6.07) is 11.6. The fraction of sp³-hybridized carbons (Fsp3) is 0.500. The van der Waals surface area contributed by atoms with Crippen LogP contribution in [0.3, 0.4) is 0 Å². The van der Waals surface area contributed by atoms with E-state index in [2.05, 4.69) is 20.5 Å². The lowest BCUT2D eigenvalue weighted by Gasteiger charge is -2.35. The molecule has 3 aliphatic rings. The fourth-order valence-corrected chi connectivity index (χ4v) is 6.67. The predicted octanol–water partition coefficient (Wildman–Crippen LogP) is 2.68. The standard InChI is InChI=1S/C38H48N6O9/c1-38(2,3)53-37(49)43-17-15-42(16-18-43)13-5-19-50-26-8-9-29-28(21-26)27(11-12-39-29)35(47)41-23-33(45)44-14-4-6-30(44)34(46)36(48)40-22-25-7-10-31-32(20-25)52-24-51-31/h7-12,20-21,30,34,46H,4-6,13-19,22-24H2,1-3H3,(H,40,48)(H,41,47)/t30-,34?/m0/s1. The van der Waals surface area contributed by atoms with Crippen molar-refractivity contribution in [3.8, 4) is 17.2 Å². The van der Waals surface area contributed by atoms with Crippen LogP contribution in [0.4, 0.5) is 4.79 Å². The van der Waals surface area contributed by atoms with Gasteiger partial charge in [0.05, 0.1) is 30.3 Å². The van der Waals surface area contributed by atoms with Gasteiger partial charge in [-0.1, -0.05) is 6.07 Å². The number of nitrogens with one attached hydrogen (secondary N) is 2. The van der Waals surface area contributed by atoms with Gasteiger partial charge in [0.1, 0.15) is 11.4 Å². The minimum absolute atomic E-state index is 0.146. The Morgan fingerprint density at radius 2 is 1.77 bits per heavy atom. The number of fused-ring (bicyclic) bond motifs is 2. The minimum atomic E-state index is -1.43. The number of aliphatic hydroxyl groups excluding tert-OH is 1. The molecule has 284 valence electrons. The Morgan fingerprint density at radius 3 is 2.57 bits per heavy atom.